The molecule has 0 bridgehead atoms. The average molecular weight is 481 g/mol. The van der Waals surface area contributed by atoms with Gasteiger partial charge in [0, 0.05) is 24.7 Å². The highest BCUT2D eigenvalue weighted by Crippen LogP contribution is 2.34. The largest absolute Gasteiger partial charge is 0.497 e. The van der Waals surface area contributed by atoms with Crippen molar-refractivity contribution in [3.8, 4) is 5.75 Å². The lowest BCUT2D eigenvalue weighted by Crippen LogP contribution is -2.44. The number of fused-ring (bicyclic) bond motifs is 1. The summed E-state index contributed by atoms with van der Waals surface area (Å²) >= 11 is 0. The zero-order valence-corrected chi connectivity index (χ0v) is 20.0. The van der Waals surface area contributed by atoms with E-state index in [0.29, 0.717) is 43.7 Å². The molecule has 0 saturated carbocycles. The van der Waals surface area contributed by atoms with Crippen molar-refractivity contribution in [2.24, 2.45) is 11.8 Å². The Bertz CT molecular complexity index is 1130. The Morgan fingerprint density at radius 2 is 2.00 bits per heavy atom. The van der Waals surface area contributed by atoms with Crippen molar-refractivity contribution in [3.05, 3.63) is 71.9 Å². The fraction of sp³-hybridized carbons (Fsp3) is 0.429. The lowest BCUT2D eigenvalue weighted by molar-refractivity contribution is -0.146. The molecular formula is C28H33FN2O4. The summed E-state index contributed by atoms with van der Waals surface area (Å²) in [5, 5.41) is 21.7. The summed E-state index contributed by atoms with van der Waals surface area (Å²) in [6.07, 6.45) is 2.04. The van der Waals surface area contributed by atoms with E-state index in [4.69, 9.17) is 4.74 Å². The Kier molecular flexibility index (Phi) is 8.31. The van der Waals surface area contributed by atoms with Gasteiger partial charge in [0.1, 0.15) is 11.9 Å². The molecule has 1 aliphatic rings. The number of alkyl halides is 1. The maximum atomic E-state index is 14.6. The number of hydrogen-bond donors (Lipinski definition) is 2. The number of carbonyl (C=O) groups is 1. The number of ether oxygens (including phenoxy) is 1. The van der Waals surface area contributed by atoms with Crippen LogP contribution in [0.3, 0.4) is 0 Å². The van der Waals surface area contributed by atoms with E-state index in [1.807, 2.05) is 42.5 Å². The minimum absolute atomic E-state index is 0.0312. The molecule has 2 unspecified atom stereocenters. The summed E-state index contributed by atoms with van der Waals surface area (Å²) in [5.74, 6) is -0.690. The molecule has 2 aromatic carbocycles. The van der Waals surface area contributed by atoms with Crippen LogP contribution in [0.5, 0.6) is 5.75 Å². The molecule has 1 aromatic heterocycles. The van der Waals surface area contributed by atoms with Gasteiger partial charge in [-0.05, 0) is 73.5 Å². The number of aliphatic hydroxyl groups is 1. The molecule has 0 spiro atoms. The molecule has 0 amide bonds. The third-order valence-electron chi connectivity index (χ3n) is 7.17. The van der Waals surface area contributed by atoms with E-state index in [-0.39, 0.29) is 5.92 Å². The van der Waals surface area contributed by atoms with Crippen LogP contribution in [0.2, 0.25) is 0 Å². The van der Waals surface area contributed by atoms with Gasteiger partial charge in [0.15, 0.2) is 0 Å². The van der Waals surface area contributed by atoms with Crippen molar-refractivity contribution in [1.82, 2.24) is 9.88 Å². The van der Waals surface area contributed by atoms with Crippen molar-refractivity contribution in [3.63, 3.8) is 0 Å². The standard InChI is InChI=1S/C28H33FN2O4/c1-35-21-8-9-26-23(17-21)22(11-14-30-26)27(32)10-7-19-12-15-31(18-24(19)28(33)34)16-13-25(29)20-5-3-2-4-6-20/h2-6,8-9,11,14,17,19,24-25,27,32H,7,10,12-13,15-16,18H2,1H3,(H,33,34)/t19-,24+,25?,27?/m1/s1. The van der Waals surface area contributed by atoms with E-state index in [2.05, 4.69) is 9.88 Å². The Labute approximate surface area is 205 Å². The number of benzene rings is 2. The van der Waals surface area contributed by atoms with E-state index >= 15 is 0 Å². The zero-order chi connectivity index (χ0) is 24.8. The Morgan fingerprint density at radius 1 is 1.20 bits per heavy atom. The molecule has 6 nitrogen and oxygen atoms in total. The van der Waals surface area contributed by atoms with Crippen LogP contribution < -0.4 is 4.74 Å². The normalized spacial score (nSPS) is 20.4. The predicted octanol–water partition coefficient (Wildman–Crippen LogP) is 5.18. The first-order valence-corrected chi connectivity index (χ1v) is 12.2. The number of piperidine rings is 1. The molecule has 1 fully saturated rings. The van der Waals surface area contributed by atoms with Gasteiger partial charge < -0.3 is 19.8 Å². The summed E-state index contributed by atoms with van der Waals surface area (Å²) in [5.41, 5.74) is 2.21. The number of aromatic nitrogens is 1. The number of halogens is 1. The molecule has 4 atom stereocenters. The van der Waals surface area contributed by atoms with Crippen LogP contribution >= 0.6 is 0 Å². The van der Waals surface area contributed by atoms with Gasteiger partial charge in [-0.3, -0.25) is 9.78 Å². The summed E-state index contributed by atoms with van der Waals surface area (Å²) in [6, 6.07) is 16.5. The number of pyridine rings is 1. The van der Waals surface area contributed by atoms with E-state index in [1.54, 1.807) is 25.4 Å². The fourth-order valence-electron chi connectivity index (χ4n) is 5.11. The minimum Gasteiger partial charge on any atom is -0.497 e. The second-order valence-corrected chi connectivity index (χ2v) is 9.34. The smallest absolute Gasteiger partial charge is 0.308 e. The Hall–Kier alpha value is -3.03. The summed E-state index contributed by atoms with van der Waals surface area (Å²) < 4.78 is 19.9. The third-order valence-corrected chi connectivity index (χ3v) is 7.17. The third kappa shape index (κ3) is 6.16. The first kappa shape index (κ1) is 25.1. The molecule has 2 heterocycles. The number of rotatable bonds is 10. The predicted molar refractivity (Wildman–Crippen MR) is 133 cm³/mol. The Balaban J connectivity index is 1.35. The minimum atomic E-state index is -1.05. The highest BCUT2D eigenvalue weighted by molar-refractivity contribution is 5.83. The fourth-order valence-corrected chi connectivity index (χ4v) is 5.11. The lowest BCUT2D eigenvalue weighted by atomic mass is 9.81. The van der Waals surface area contributed by atoms with Gasteiger partial charge >= 0.3 is 5.97 Å². The number of nitrogens with zero attached hydrogens (tertiary/aromatic N) is 2. The molecule has 0 aliphatic carbocycles. The number of carboxylic acid groups (broad SMARTS) is 1. The first-order chi connectivity index (χ1) is 17.0. The quantitative estimate of drug-likeness (QED) is 0.416. The van der Waals surface area contributed by atoms with Crippen LogP contribution in [-0.2, 0) is 4.79 Å². The van der Waals surface area contributed by atoms with Gasteiger partial charge in [-0.25, -0.2) is 4.39 Å². The first-order valence-electron chi connectivity index (χ1n) is 12.2. The summed E-state index contributed by atoms with van der Waals surface area (Å²) in [4.78, 5) is 18.5. The monoisotopic (exact) mass is 480 g/mol. The molecule has 7 heteroatoms. The van der Waals surface area contributed by atoms with Crippen molar-refractivity contribution in [2.75, 3.05) is 26.7 Å². The molecule has 2 N–H and O–H groups in total. The van der Waals surface area contributed by atoms with Gasteiger partial charge in [0.05, 0.1) is 24.6 Å². The van der Waals surface area contributed by atoms with E-state index in [9.17, 15) is 19.4 Å². The number of aliphatic carboxylic acids is 1. The molecule has 4 rings (SSSR count). The van der Waals surface area contributed by atoms with E-state index < -0.39 is 24.2 Å². The van der Waals surface area contributed by atoms with Crippen LogP contribution in [-0.4, -0.2) is 52.8 Å². The molecule has 35 heavy (non-hydrogen) atoms. The molecule has 3 aromatic rings. The van der Waals surface area contributed by atoms with Crippen LogP contribution in [0.4, 0.5) is 4.39 Å². The van der Waals surface area contributed by atoms with E-state index in [1.165, 1.54) is 0 Å². The number of methoxy groups -OCH3 is 1. The van der Waals surface area contributed by atoms with Crippen molar-refractivity contribution < 1.29 is 24.1 Å². The second kappa shape index (κ2) is 11.6. The van der Waals surface area contributed by atoms with Crippen LogP contribution in [0, 0.1) is 11.8 Å². The van der Waals surface area contributed by atoms with Gasteiger partial charge in [-0.2, -0.15) is 0 Å². The van der Waals surface area contributed by atoms with Crippen molar-refractivity contribution >= 4 is 16.9 Å². The summed E-state index contributed by atoms with van der Waals surface area (Å²) in [6.45, 7) is 1.68. The number of aliphatic hydroxyl groups excluding tert-OH is 1. The SMILES string of the molecule is COc1ccc2nccc(C(O)CC[C@@H]3CCN(CCC(F)c4ccccc4)C[C@@H]3C(=O)O)c2c1. The maximum absolute atomic E-state index is 14.6. The molecule has 0 radical (unpaired) electrons. The Morgan fingerprint density at radius 3 is 2.74 bits per heavy atom. The average Bonchev–Trinajstić information content (AvgIpc) is 2.90. The van der Waals surface area contributed by atoms with Crippen LogP contribution in [0.25, 0.3) is 10.9 Å². The number of likely N-dealkylation sites (tertiary alicyclic amines) is 1. The summed E-state index contributed by atoms with van der Waals surface area (Å²) in [7, 11) is 1.60. The zero-order valence-electron chi connectivity index (χ0n) is 20.0. The van der Waals surface area contributed by atoms with E-state index in [0.717, 1.165) is 29.4 Å². The molecule has 1 aliphatic heterocycles. The molecule has 1 saturated heterocycles. The van der Waals surface area contributed by atoms with Crippen LogP contribution in [0.1, 0.15) is 49.1 Å². The van der Waals surface area contributed by atoms with Gasteiger partial charge in [0.25, 0.3) is 0 Å². The van der Waals surface area contributed by atoms with Crippen LogP contribution in [0.15, 0.2) is 60.8 Å². The highest BCUT2D eigenvalue weighted by atomic mass is 19.1. The number of carboxylic acids is 1. The van der Waals surface area contributed by atoms with Crippen molar-refractivity contribution in [2.45, 2.75) is 38.0 Å². The maximum Gasteiger partial charge on any atom is 0.308 e. The van der Waals surface area contributed by atoms with Gasteiger partial charge in [-0.1, -0.05) is 30.3 Å². The second-order valence-electron chi connectivity index (χ2n) is 9.34. The lowest BCUT2D eigenvalue weighted by Gasteiger charge is -2.37. The topological polar surface area (TPSA) is 82.9 Å². The molecule has 186 valence electrons. The highest BCUT2D eigenvalue weighted by Gasteiger charge is 2.34. The van der Waals surface area contributed by atoms with Crippen molar-refractivity contribution in [1.29, 1.82) is 0 Å². The number of hydrogen-bond acceptors (Lipinski definition) is 5. The molecular weight excluding hydrogens is 447 g/mol. The van der Waals surface area contributed by atoms with Gasteiger partial charge in [0.2, 0.25) is 0 Å². The van der Waals surface area contributed by atoms with Gasteiger partial charge in [-0.15, -0.1) is 0 Å².